The molecule has 2 N–H and O–H groups in total. The van der Waals surface area contributed by atoms with Crippen LogP contribution in [0.1, 0.15) is 25.0 Å². The zero-order chi connectivity index (χ0) is 17.3. The van der Waals surface area contributed by atoms with Crippen molar-refractivity contribution in [2.75, 3.05) is 33.4 Å². The quantitative estimate of drug-likeness (QED) is 0.656. The van der Waals surface area contributed by atoms with Gasteiger partial charge in [-0.05, 0) is 19.4 Å². The average Bonchev–Trinajstić information content (AvgIpc) is 2.90. The molecule has 0 fully saturated rings. The van der Waals surface area contributed by atoms with Crippen molar-refractivity contribution in [1.82, 2.24) is 4.31 Å². The molecule has 2 rings (SSSR count). The smallest absolute Gasteiger partial charge is 0.253 e. The fourth-order valence-corrected chi connectivity index (χ4v) is 6.64. The molecular weight excluding hydrogens is 400 g/mol. The minimum atomic E-state index is -3.96. The van der Waals surface area contributed by atoms with Crippen molar-refractivity contribution in [2.45, 2.75) is 27.9 Å². The third kappa shape index (κ3) is 4.47. The van der Waals surface area contributed by atoms with Gasteiger partial charge < -0.3 is 9.47 Å². The van der Waals surface area contributed by atoms with Crippen molar-refractivity contribution in [1.29, 1.82) is 0 Å². The monoisotopic (exact) mass is 420 g/mol. The Kier molecular flexibility index (Phi) is 7.63. The molecule has 1 atom stereocenters. The van der Waals surface area contributed by atoms with E-state index in [0.717, 1.165) is 0 Å². The summed E-state index contributed by atoms with van der Waals surface area (Å²) < 4.78 is 60.1. The van der Waals surface area contributed by atoms with Gasteiger partial charge in [-0.3, -0.25) is 0 Å². The van der Waals surface area contributed by atoms with E-state index in [1.54, 1.807) is 14.0 Å². The van der Waals surface area contributed by atoms with Crippen molar-refractivity contribution >= 4 is 43.8 Å². The highest BCUT2D eigenvalue weighted by molar-refractivity contribution is 7.94. The SMILES string of the molecule is CCOC1CN(CCCOC)S(=O)(=O)c2sc(S(N)(=O)=O)cc21.Cl. The molecule has 2 heterocycles. The second-order valence-electron chi connectivity index (χ2n) is 5.01. The Morgan fingerprint density at radius 3 is 2.67 bits per heavy atom. The van der Waals surface area contributed by atoms with E-state index >= 15 is 0 Å². The molecular formula is C12H21ClN2O6S3. The normalized spacial score (nSPS) is 20.4. The van der Waals surface area contributed by atoms with Crippen molar-refractivity contribution in [2.24, 2.45) is 5.14 Å². The zero-order valence-electron chi connectivity index (χ0n) is 13.3. The van der Waals surface area contributed by atoms with Gasteiger partial charge in [0.15, 0.2) is 0 Å². The molecule has 0 amide bonds. The molecule has 0 saturated heterocycles. The summed E-state index contributed by atoms with van der Waals surface area (Å²) in [7, 11) is -6.18. The van der Waals surface area contributed by atoms with E-state index in [4.69, 9.17) is 14.6 Å². The van der Waals surface area contributed by atoms with Crippen LogP contribution in [0.2, 0.25) is 0 Å². The van der Waals surface area contributed by atoms with Crippen LogP contribution in [0.25, 0.3) is 0 Å². The van der Waals surface area contributed by atoms with E-state index in [0.29, 0.717) is 36.5 Å². The number of primary sulfonamides is 1. The number of halogens is 1. The van der Waals surface area contributed by atoms with E-state index in [2.05, 4.69) is 0 Å². The molecule has 1 aromatic rings. The highest BCUT2D eigenvalue weighted by Gasteiger charge is 2.40. The number of hydrogen-bond donors (Lipinski definition) is 1. The number of nitrogens with two attached hydrogens (primary N) is 1. The van der Waals surface area contributed by atoms with E-state index < -0.39 is 26.2 Å². The molecule has 0 aromatic carbocycles. The van der Waals surface area contributed by atoms with Crippen LogP contribution in [0.3, 0.4) is 0 Å². The zero-order valence-corrected chi connectivity index (χ0v) is 16.6. The summed E-state index contributed by atoms with van der Waals surface area (Å²) in [6.07, 6.45) is 0.0324. The highest BCUT2D eigenvalue weighted by Crippen LogP contribution is 2.41. The second kappa shape index (κ2) is 8.41. The van der Waals surface area contributed by atoms with Gasteiger partial charge in [0.1, 0.15) is 8.42 Å². The van der Waals surface area contributed by atoms with Crippen LogP contribution in [0.15, 0.2) is 14.5 Å². The van der Waals surface area contributed by atoms with Crippen molar-refractivity contribution in [3.8, 4) is 0 Å². The van der Waals surface area contributed by atoms with Crippen molar-refractivity contribution < 1.29 is 26.3 Å². The maximum Gasteiger partial charge on any atom is 0.253 e. The predicted octanol–water partition coefficient (Wildman–Crippen LogP) is 0.936. The maximum absolute atomic E-state index is 12.7. The van der Waals surface area contributed by atoms with Gasteiger partial charge in [-0.25, -0.2) is 22.0 Å². The van der Waals surface area contributed by atoms with Crippen LogP contribution in [0.4, 0.5) is 0 Å². The fourth-order valence-electron chi connectivity index (χ4n) is 2.37. The first-order valence-corrected chi connectivity index (χ1v) is 10.8. The number of rotatable bonds is 7. The number of hydrogen-bond acceptors (Lipinski definition) is 7. The fraction of sp³-hybridized carbons (Fsp3) is 0.667. The summed E-state index contributed by atoms with van der Waals surface area (Å²) in [5.41, 5.74) is 0.365. The molecule has 0 bridgehead atoms. The third-order valence-corrected chi connectivity index (χ3v) is 8.36. The number of nitrogens with zero attached hydrogens (tertiary/aromatic N) is 1. The predicted molar refractivity (Wildman–Crippen MR) is 92.6 cm³/mol. The van der Waals surface area contributed by atoms with Crippen LogP contribution in [0, 0.1) is 0 Å². The van der Waals surface area contributed by atoms with E-state index in [1.165, 1.54) is 10.4 Å². The molecule has 8 nitrogen and oxygen atoms in total. The number of ether oxygens (including phenoxy) is 2. The van der Waals surface area contributed by atoms with Gasteiger partial charge in [0.25, 0.3) is 10.0 Å². The molecule has 12 heteroatoms. The summed E-state index contributed by atoms with van der Waals surface area (Å²) >= 11 is 0.668. The van der Waals surface area contributed by atoms with Gasteiger partial charge in [-0.15, -0.1) is 23.7 Å². The molecule has 1 aromatic heterocycles. The van der Waals surface area contributed by atoms with Crippen LogP contribution < -0.4 is 5.14 Å². The van der Waals surface area contributed by atoms with Crippen LogP contribution in [0.5, 0.6) is 0 Å². The Balaban J connectivity index is 0.00000288. The molecule has 140 valence electrons. The average molecular weight is 421 g/mol. The Bertz CT molecular complexity index is 762. The number of fused-ring (bicyclic) bond motifs is 1. The summed E-state index contributed by atoms with van der Waals surface area (Å²) in [6.45, 7) is 3.04. The lowest BCUT2D eigenvalue weighted by Crippen LogP contribution is -2.40. The summed E-state index contributed by atoms with van der Waals surface area (Å²) in [5.74, 6) is 0. The minimum Gasteiger partial charge on any atom is -0.385 e. The van der Waals surface area contributed by atoms with Crippen molar-refractivity contribution in [3.63, 3.8) is 0 Å². The molecule has 24 heavy (non-hydrogen) atoms. The molecule has 0 saturated carbocycles. The van der Waals surface area contributed by atoms with Gasteiger partial charge in [0, 0.05) is 39.0 Å². The van der Waals surface area contributed by atoms with Gasteiger partial charge in [-0.1, -0.05) is 0 Å². The number of sulfonamides is 2. The van der Waals surface area contributed by atoms with Gasteiger partial charge >= 0.3 is 0 Å². The van der Waals surface area contributed by atoms with Gasteiger partial charge in [0.2, 0.25) is 10.0 Å². The lowest BCUT2D eigenvalue weighted by atomic mass is 10.2. The second-order valence-corrected chi connectivity index (χ2v) is 9.98. The first-order valence-electron chi connectivity index (χ1n) is 6.99. The summed E-state index contributed by atoms with van der Waals surface area (Å²) in [6, 6.07) is 1.31. The Morgan fingerprint density at radius 2 is 2.12 bits per heavy atom. The van der Waals surface area contributed by atoms with Crippen molar-refractivity contribution in [3.05, 3.63) is 11.6 Å². The Hall–Kier alpha value is -0.270. The summed E-state index contributed by atoms with van der Waals surface area (Å²) in [4.78, 5) is 0. The molecule has 0 aliphatic carbocycles. The number of methoxy groups -OCH3 is 1. The van der Waals surface area contributed by atoms with E-state index in [9.17, 15) is 16.8 Å². The topological polar surface area (TPSA) is 116 Å². The van der Waals surface area contributed by atoms with Crippen LogP contribution >= 0.6 is 23.7 Å². The molecule has 1 aliphatic rings. The molecule has 1 unspecified atom stereocenters. The summed E-state index contributed by atoms with van der Waals surface area (Å²) in [5, 5.41) is 5.13. The standard InChI is InChI=1S/C12H20N2O6S3.ClH/c1-3-20-10-8-14(5-4-6-19-2)23(17,18)12-9(10)7-11(21-12)22(13,15)16;/h7,10H,3-6,8H2,1-2H3,(H2,13,15,16);1H. The van der Waals surface area contributed by atoms with Gasteiger partial charge in [-0.2, -0.15) is 4.31 Å². The first-order chi connectivity index (χ1) is 10.7. The van der Waals surface area contributed by atoms with E-state index in [-0.39, 0.29) is 33.9 Å². The number of thiophene rings is 1. The third-order valence-electron chi connectivity index (χ3n) is 3.40. The maximum atomic E-state index is 12.7. The Labute approximate surface area is 152 Å². The highest BCUT2D eigenvalue weighted by atomic mass is 35.5. The first kappa shape index (κ1) is 21.8. The van der Waals surface area contributed by atoms with Crippen LogP contribution in [-0.4, -0.2) is 54.6 Å². The minimum absolute atomic E-state index is 0. The Morgan fingerprint density at radius 1 is 1.46 bits per heavy atom. The van der Waals surface area contributed by atoms with Crippen LogP contribution in [-0.2, 0) is 29.5 Å². The van der Waals surface area contributed by atoms with E-state index in [1.807, 2.05) is 0 Å². The molecule has 1 aliphatic heterocycles. The largest absolute Gasteiger partial charge is 0.385 e. The van der Waals surface area contributed by atoms with Gasteiger partial charge in [0.05, 0.1) is 6.10 Å². The lowest BCUT2D eigenvalue weighted by Gasteiger charge is -2.31. The molecule has 0 radical (unpaired) electrons. The lowest BCUT2D eigenvalue weighted by molar-refractivity contribution is 0.0423. The molecule has 0 spiro atoms.